The van der Waals surface area contributed by atoms with Gasteiger partial charge in [-0.15, -0.1) is 0 Å². The van der Waals surface area contributed by atoms with E-state index in [-0.39, 0.29) is 17.9 Å². The first-order valence-electron chi connectivity index (χ1n) is 9.98. The number of pyridine rings is 1. The molecule has 3 rings (SSSR count). The molecule has 2 heterocycles. The molecule has 1 saturated heterocycles. The first-order chi connectivity index (χ1) is 13.4. The molecule has 0 aliphatic carbocycles. The summed E-state index contributed by atoms with van der Waals surface area (Å²) in [7, 11) is 0. The lowest BCUT2D eigenvalue weighted by Crippen LogP contribution is -2.35. The van der Waals surface area contributed by atoms with Crippen molar-refractivity contribution >= 4 is 17.5 Å². The molecule has 0 radical (unpaired) electrons. The second-order valence-electron chi connectivity index (χ2n) is 8.43. The van der Waals surface area contributed by atoms with Crippen molar-refractivity contribution in [3.63, 3.8) is 0 Å². The number of nitrogens with zero attached hydrogens (tertiary/aromatic N) is 2. The van der Waals surface area contributed by atoms with Crippen LogP contribution in [0.25, 0.3) is 0 Å². The Kier molecular flexibility index (Phi) is 6.12. The van der Waals surface area contributed by atoms with Gasteiger partial charge in [0.05, 0.1) is 6.04 Å². The van der Waals surface area contributed by atoms with Crippen LogP contribution in [-0.4, -0.2) is 28.2 Å². The molecule has 1 aromatic carbocycles. The molecule has 0 bridgehead atoms. The normalized spacial score (nSPS) is 17.7. The van der Waals surface area contributed by atoms with Crippen molar-refractivity contribution in [1.29, 1.82) is 0 Å². The average molecular weight is 380 g/mol. The standard InChI is InChI=1S/C23H29N3O2/c1-23(2,3)22(28)25-19-9-7-8-18(16-19)21(27)26-15-6-4-5-10-20(26)17-11-13-24-14-12-17/h7-9,11-14,16,20H,4-6,10,15H2,1-3H3,(H,25,28). The van der Waals surface area contributed by atoms with Gasteiger partial charge >= 0.3 is 0 Å². The molecule has 0 spiro atoms. The summed E-state index contributed by atoms with van der Waals surface area (Å²) >= 11 is 0. The first kappa shape index (κ1) is 20.1. The Morgan fingerprint density at radius 2 is 1.82 bits per heavy atom. The van der Waals surface area contributed by atoms with Gasteiger partial charge in [0, 0.05) is 35.6 Å². The zero-order valence-electron chi connectivity index (χ0n) is 16.9. The van der Waals surface area contributed by atoms with Crippen molar-refractivity contribution in [1.82, 2.24) is 9.88 Å². The third-order valence-electron chi connectivity index (χ3n) is 5.15. The van der Waals surface area contributed by atoms with Crippen LogP contribution in [0.15, 0.2) is 48.8 Å². The second-order valence-corrected chi connectivity index (χ2v) is 8.43. The van der Waals surface area contributed by atoms with Gasteiger partial charge in [-0.1, -0.05) is 39.7 Å². The number of hydrogen-bond donors (Lipinski definition) is 1. The summed E-state index contributed by atoms with van der Waals surface area (Å²) in [4.78, 5) is 31.7. The van der Waals surface area contributed by atoms with Crippen LogP contribution >= 0.6 is 0 Å². The maximum absolute atomic E-state index is 13.4. The summed E-state index contributed by atoms with van der Waals surface area (Å²) in [6, 6.07) is 11.3. The van der Waals surface area contributed by atoms with E-state index in [1.54, 1.807) is 18.5 Å². The van der Waals surface area contributed by atoms with Gasteiger partial charge in [-0.25, -0.2) is 0 Å². The van der Waals surface area contributed by atoms with Crippen molar-refractivity contribution in [2.45, 2.75) is 52.5 Å². The van der Waals surface area contributed by atoms with Crippen LogP contribution in [0.3, 0.4) is 0 Å². The molecule has 5 heteroatoms. The van der Waals surface area contributed by atoms with Crippen molar-refractivity contribution in [3.05, 3.63) is 59.9 Å². The average Bonchev–Trinajstić information content (AvgIpc) is 2.93. The highest BCUT2D eigenvalue weighted by molar-refractivity contribution is 5.98. The number of likely N-dealkylation sites (tertiary alicyclic amines) is 1. The van der Waals surface area contributed by atoms with Gasteiger partial charge in [0.25, 0.3) is 5.91 Å². The van der Waals surface area contributed by atoms with E-state index >= 15 is 0 Å². The van der Waals surface area contributed by atoms with E-state index in [0.717, 1.165) is 37.8 Å². The van der Waals surface area contributed by atoms with Gasteiger partial charge in [0.1, 0.15) is 0 Å². The summed E-state index contributed by atoms with van der Waals surface area (Å²) in [6.07, 6.45) is 7.77. The summed E-state index contributed by atoms with van der Waals surface area (Å²) in [5.41, 5.74) is 1.90. The smallest absolute Gasteiger partial charge is 0.254 e. The van der Waals surface area contributed by atoms with Gasteiger partial charge in [0.15, 0.2) is 0 Å². The van der Waals surface area contributed by atoms with E-state index in [4.69, 9.17) is 0 Å². The minimum Gasteiger partial charge on any atom is -0.332 e. The summed E-state index contributed by atoms with van der Waals surface area (Å²) in [5, 5.41) is 2.92. The number of carbonyl (C=O) groups excluding carboxylic acids is 2. The van der Waals surface area contributed by atoms with Crippen LogP contribution in [0.1, 0.15) is 68.4 Å². The number of carbonyl (C=O) groups is 2. The Morgan fingerprint density at radius 1 is 1.07 bits per heavy atom. The fraction of sp³-hybridized carbons (Fsp3) is 0.435. The SMILES string of the molecule is CC(C)(C)C(=O)Nc1cccc(C(=O)N2CCCCCC2c2ccncc2)c1. The Balaban J connectivity index is 1.85. The molecule has 1 atom stereocenters. The minimum atomic E-state index is -0.489. The predicted molar refractivity (Wildman–Crippen MR) is 111 cm³/mol. The molecule has 28 heavy (non-hydrogen) atoms. The topological polar surface area (TPSA) is 62.3 Å². The van der Waals surface area contributed by atoms with Crippen LogP contribution < -0.4 is 5.32 Å². The molecule has 1 N–H and O–H groups in total. The van der Waals surface area contributed by atoms with Gasteiger partial charge in [-0.05, 0) is 48.7 Å². The van der Waals surface area contributed by atoms with Gasteiger partial charge in [-0.3, -0.25) is 14.6 Å². The molecule has 5 nitrogen and oxygen atoms in total. The molecular formula is C23H29N3O2. The molecule has 1 unspecified atom stereocenters. The number of anilines is 1. The van der Waals surface area contributed by atoms with Crippen molar-refractivity contribution < 1.29 is 9.59 Å². The Hall–Kier alpha value is -2.69. The number of aromatic nitrogens is 1. The Bertz CT molecular complexity index is 827. The third kappa shape index (κ3) is 4.77. The van der Waals surface area contributed by atoms with E-state index in [2.05, 4.69) is 10.3 Å². The number of amides is 2. The summed E-state index contributed by atoms with van der Waals surface area (Å²) < 4.78 is 0. The molecule has 2 aromatic rings. The summed E-state index contributed by atoms with van der Waals surface area (Å²) in [6.45, 7) is 6.35. The van der Waals surface area contributed by atoms with Gasteiger partial charge < -0.3 is 10.2 Å². The third-order valence-corrected chi connectivity index (χ3v) is 5.15. The van der Waals surface area contributed by atoms with E-state index in [1.807, 2.05) is 56.0 Å². The lowest BCUT2D eigenvalue weighted by molar-refractivity contribution is -0.123. The second kappa shape index (κ2) is 8.55. The van der Waals surface area contributed by atoms with Crippen LogP contribution in [0, 0.1) is 5.41 Å². The van der Waals surface area contributed by atoms with E-state index in [9.17, 15) is 9.59 Å². The van der Waals surface area contributed by atoms with Gasteiger partial charge in [-0.2, -0.15) is 0 Å². The predicted octanol–water partition coefficient (Wildman–Crippen LogP) is 4.82. The molecule has 0 saturated carbocycles. The van der Waals surface area contributed by atoms with E-state index in [0.29, 0.717) is 11.3 Å². The highest BCUT2D eigenvalue weighted by atomic mass is 16.2. The minimum absolute atomic E-state index is 0.00979. The van der Waals surface area contributed by atoms with Crippen LogP contribution in [0.5, 0.6) is 0 Å². The van der Waals surface area contributed by atoms with Crippen LogP contribution in [0.4, 0.5) is 5.69 Å². The molecular weight excluding hydrogens is 350 g/mol. The molecule has 1 aliphatic heterocycles. The lowest BCUT2D eigenvalue weighted by Gasteiger charge is -2.30. The number of rotatable bonds is 3. The molecule has 1 fully saturated rings. The Labute approximate surface area is 167 Å². The quantitative estimate of drug-likeness (QED) is 0.831. The zero-order valence-corrected chi connectivity index (χ0v) is 16.9. The molecule has 148 valence electrons. The van der Waals surface area contributed by atoms with Crippen LogP contribution in [0.2, 0.25) is 0 Å². The summed E-state index contributed by atoms with van der Waals surface area (Å²) in [5.74, 6) is -0.0582. The van der Waals surface area contributed by atoms with E-state index in [1.165, 1.54) is 0 Å². The first-order valence-corrected chi connectivity index (χ1v) is 9.98. The highest BCUT2D eigenvalue weighted by Crippen LogP contribution is 2.31. The van der Waals surface area contributed by atoms with Crippen molar-refractivity contribution in [2.24, 2.45) is 5.41 Å². The largest absolute Gasteiger partial charge is 0.332 e. The monoisotopic (exact) mass is 379 g/mol. The van der Waals surface area contributed by atoms with Crippen molar-refractivity contribution in [3.8, 4) is 0 Å². The van der Waals surface area contributed by atoms with Crippen molar-refractivity contribution in [2.75, 3.05) is 11.9 Å². The fourth-order valence-corrected chi connectivity index (χ4v) is 3.50. The highest BCUT2D eigenvalue weighted by Gasteiger charge is 2.28. The number of nitrogens with one attached hydrogen (secondary N) is 1. The number of hydrogen-bond acceptors (Lipinski definition) is 3. The molecule has 1 aliphatic rings. The molecule has 1 aromatic heterocycles. The number of benzene rings is 1. The fourth-order valence-electron chi connectivity index (χ4n) is 3.50. The Morgan fingerprint density at radius 3 is 2.54 bits per heavy atom. The van der Waals surface area contributed by atoms with Gasteiger partial charge in [0.2, 0.25) is 5.91 Å². The van der Waals surface area contributed by atoms with Crippen LogP contribution in [-0.2, 0) is 4.79 Å². The van der Waals surface area contributed by atoms with E-state index < -0.39 is 5.41 Å². The lowest BCUT2D eigenvalue weighted by atomic mass is 9.95. The maximum atomic E-state index is 13.4. The zero-order chi connectivity index (χ0) is 20.1. The maximum Gasteiger partial charge on any atom is 0.254 e. The molecule has 2 amide bonds.